The second kappa shape index (κ2) is 8.66. The van der Waals surface area contributed by atoms with E-state index >= 15 is 0 Å². The number of hydrogen-bond acceptors (Lipinski definition) is 4. The monoisotopic (exact) mass is 375 g/mol. The summed E-state index contributed by atoms with van der Waals surface area (Å²) in [4.78, 5) is 0.237. The van der Waals surface area contributed by atoms with E-state index in [1.165, 1.54) is 7.11 Å². The number of nitrogens with zero attached hydrogens (tertiary/aromatic N) is 1. The van der Waals surface area contributed by atoms with Gasteiger partial charge in [-0.3, -0.25) is 0 Å². The molecule has 0 spiro atoms. The zero-order valence-corrected chi connectivity index (χ0v) is 15.8. The first kappa shape index (κ1) is 18.9. The summed E-state index contributed by atoms with van der Waals surface area (Å²) in [6.45, 7) is 2.29. The molecule has 1 fully saturated rings. The molecule has 26 heavy (non-hydrogen) atoms. The van der Waals surface area contributed by atoms with Crippen LogP contribution in [0.15, 0.2) is 59.5 Å². The lowest BCUT2D eigenvalue weighted by atomic mass is 9.99. The molecule has 0 bridgehead atoms. The average Bonchev–Trinajstić information content (AvgIpc) is 2.69. The van der Waals surface area contributed by atoms with Crippen LogP contribution in [0.2, 0.25) is 0 Å². The maximum Gasteiger partial charge on any atom is 0.246 e. The van der Waals surface area contributed by atoms with Crippen molar-refractivity contribution in [2.45, 2.75) is 24.3 Å². The Balaban J connectivity index is 1.53. The zero-order chi connectivity index (χ0) is 18.4. The Morgan fingerprint density at radius 2 is 1.65 bits per heavy atom. The normalized spacial score (nSPS) is 16.5. The summed E-state index contributed by atoms with van der Waals surface area (Å²) in [5.41, 5.74) is 1.16. The van der Waals surface area contributed by atoms with Crippen LogP contribution in [0.25, 0.3) is 0 Å². The van der Waals surface area contributed by atoms with Crippen molar-refractivity contribution in [1.82, 2.24) is 4.31 Å². The van der Waals surface area contributed by atoms with E-state index in [1.807, 2.05) is 30.3 Å². The first-order valence-corrected chi connectivity index (χ1v) is 10.3. The second-order valence-electron chi connectivity index (χ2n) is 6.50. The van der Waals surface area contributed by atoms with E-state index in [1.54, 1.807) is 28.6 Å². The van der Waals surface area contributed by atoms with Gasteiger partial charge in [0.2, 0.25) is 10.0 Å². The summed E-state index contributed by atoms with van der Waals surface area (Å²) >= 11 is 0. The fourth-order valence-corrected chi connectivity index (χ4v) is 4.83. The third-order valence-electron chi connectivity index (χ3n) is 4.73. The Hall–Kier alpha value is -1.89. The quantitative estimate of drug-likeness (QED) is 0.745. The van der Waals surface area contributed by atoms with Crippen molar-refractivity contribution >= 4 is 10.0 Å². The van der Waals surface area contributed by atoms with Crippen LogP contribution in [0.3, 0.4) is 0 Å². The minimum absolute atomic E-state index is 0.237. The maximum atomic E-state index is 12.9. The maximum absolute atomic E-state index is 12.9. The number of sulfonamides is 1. The summed E-state index contributed by atoms with van der Waals surface area (Å²) in [5, 5.41) is 0. The molecule has 2 aromatic rings. The molecule has 1 saturated heterocycles. The van der Waals surface area contributed by atoms with E-state index in [2.05, 4.69) is 0 Å². The molecule has 1 aliphatic rings. The number of piperidine rings is 1. The summed E-state index contributed by atoms with van der Waals surface area (Å²) < 4.78 is 38.4. The molecule has 0 N–H and O–H groups in total. The van der Waals surface area contributed by atoms with Crippen LogP contribution in [0.5, 0.6) is 5.75 Å². The molecule has 0 amide bonds. The molecule has 0 unspecified atom stereocenters. The van der Waals surface area contributed by atoms with Crippen molar-refractivity contribution in [2.75, 3.05) is 26.8 Å². The summed E-state index contributed by atoms with van der Waals surface area (Å²) in [5.74, 6) is 0.781. The van der Waals surface area contributed by atoms with Gasteiger partial charge in [0, 0.05) is 19.7 Å². The molecule has 0 aliphatic carbocycles. The molecule has 140 valence electrons. The molecule has 2 aromatic carbocycles. The van der Waals surface area contributed by atoms with Crippen LogP contribution in [-0.4, -0.2) is 39.5 Å². The third-order valence-corrected chi connectivity index (χ3v) is 6.66. The highest BCUT2D eigenvalue weighted by Crippen LogP contribution is 2.29. The zero-order valence-electron chi connectivity index (χ0n) is 15.0. The Morgan fingerprint density at radius 1 is 1.00 bits per heavy atom. The molecule has 1 aliphatic heterocycles. The van der Waals surface area contributed by atoms with E-state index < -0.39 is 10.0 Å². The van der Waals surface area contributed by atoms with Gasteiger partial charge in [-0.1, -0.05) is 42.5 Å². The van der Waals surface area contributed by atoms with E-state index in [0.717, 1.165) is 18.4 Å². The van der Waals surface area contributed by atoms with Crippen molar-refractivity contribution < 1.29 is 17.9 Å². The van der Waals surface area contributed by atoms with Gasteiger partial charge in [0.15, 0.2) is 0 Å². The van der Waals surface area contributed by atoms with Crippen molar-refractivity contribution in [3.63, 3.8) is 0 Å². The molecular weight excluding hydrogens is 350 g/mol. The minimum Gasteiger partial charge on any atom is -0.495 e. The highest BCUT2D eigenvalue weighted by atomic mass is 32.2. The number of benzene rings is 2. The van der Waals surface area contributed by atoms with Gasteiger partial charge in [-0.25, -0.2) is 8.42 Å². The predicted octanol–water partition coefficient (Wildman–Crippen LogP) is 3.31. The second-order valence-corrected chi connectivity index (χ2v) is 8.41. The van der Waals surface area contributed by atoms with E-state index in [0.29, 0.717) is 38.0 Å². The molecular formula is C20H25NO4S. The molecule has 0 radical (unpaired) electrons. The number of para-hydroxylation sites is 1. The summed E-state index contributed by atoms with van der Waals surface area (Å²) in [6, 6.07) is 16.8. The molecule has 0 aromatic heterocycles. The fraction of sp³-hybridized carbons (Fsp3) is 0.400. The van der Waals surface area contributed by atoms with Gasteiger partial charge >= 0.3 is 0 Å². The summed E-state index contributed by atoms with van der Waals surface area (Å²) in [7, 11) is -2.03. The van der Waals surface area contributed by atoms with Gasteiger partial charge in [0.25, 0.3) is 0 Å². The van der Waals surface area contributed by atoms with Crippen LogP contribution in [0, 0.1) is 5.92 Å². The first-order valence-electron chi connectivity index (χ1n) is 8.86. The fourth-order valence-electron chi connectivity index (χ4n) is 3.20. The lowest BCUT2D eigenvalue weighted by Crippen LogP contribution is -2.39. The van der Waals surface area contributed by atoms with Gasteiger partial charge in [-0.05, 0) is 36.5 Å². The molecule has 0 atom stereocenters. The van der Waals surface area contributed by atoms with E-state index in [9.17, 15) is 8.42 Å². The molecule has 0 saturated carbocycles. The lowest BCUT2D eigenvalue weighted by molar-refractivity contribution is 0.0687. The van der Waals surface area contributed by atoms with Crippen molar-refractivity contribution in [2.24, 2.45) is 5.92 Å². The number of ether oxygens (including phenoxy) is 2. The largest absolute Gasteiger partial charge is 0.495 e. The third kappa shape index (κ3) is 4.44. The number of hydrogen-bond donors (Lipinski definition) is 0. The van der Waals surface area contributed by atoms with Crippen molar-refractivity contribution in [3.8, 4) is 5.75 Å². The van der Waals surface area contributed by atoms with Gasteiger partial charge < -0.3 is 9.47 Å². The molecule has 5 nitrogen and oxygen atoms in total. The van der Waals surface area contributed by atoms with E-state index in [-0.39, 0.29) is 4.90 Å². The van der Waals surface area contributed by atoms with Gasteiger partial charge in [-0.2, -0.15) is 4.31 Å². The van der Waals surface area contributed by atoms with Crippen LogP contribution < -0.4 is 4.74 Å². The Morgan fingerprint density at radius 3 is 2.35 bits per heavy atom. The average molecular weight is 375 g/mol. The number of methoxy groups -OCH3 is 1. The van der Waals surface area contributed by atoms with E-state index in [4.69, 9.17) is 9.47 Å². The van der Waals surface area contributed by atoms with Gasteiger partial charge in [-0.15, -0.1) is 0 Å². The van der Waals surface area contributed by atoms with Crippen molar-refractivity contribution in [3.05, 3.63) is 60.2 Å². The first-order chi connectivity index (χ1) is 12.6. The Kier molecular flexibility index (Phi) is 6.29. The van der Waals surface area contributed by atoms with Crippen LogP contribution in [-0.2, 0) is 21.4 Å². The van der Waals surface area contributed by atoms with Crippen LogP contribution in [0.4, 0.5) is 0 Å². The smallest absolute Gasteiger partial charge is 0.246 e. The van der Waals surface area contributed by atoms with Crippen LogP contribution >= 0.6 is 0 Å². The summed E-state index contributed by atoms with van der Waals surface area (Å²) in [6.07, 6.45) is 1.62. The highest BCUT2D eigenvalue weighted by molar-refractivity contribution is 7.89. The highest BCUT2D eigenvalue weighted by Gasteiger charge is 2.31. The van der Waals surface area contributed by atoms with Crippen LogP contribution in [0.1, 0.15) is 18.4 Å². The standard InChI is InChI=1S/C20H25NO4S/c1-24-19-9-5-6-10-20(19)26(22,23)21-13-11-18(12-14-21)16-25-15-17-7-3-2-4-8-17/h2-10,18H,11-16H2,1H3. The van der Waals surface area contributed by atoms with Crippen molar-refractivity contribution in [1.29, 1.82) is 0 Å². The number of rotatable bonds is 7. The lowest BCUT2D eigenvalue weighted by Gasteiger charge is -2.31. The Labute approximate surface area is 155 Å². The molecule has 6 heteroatoms. The molecule has 1 heterocycles. The predicted molar refractivity (Wildman–Crippen MR) is 101 cm³/mol. The minimum atomic E-state index is -3.52. The topological polar surface area (TPSA) is 55.8 Å². The van der Waals surface area contributed by atoms with Gasteiger partial charge in [0.1, 0.15) is 10.6 Å². The van der Waals surface area contributed by atoms with Gasteiger partial charge in [0.05, 0.1) is 13.7 Å². The Bertz CT molecular complexity index is 800. The SMILES string of the molecule is COc1ccccc1S(=O)(=O)N1CCC(COCc2ccccc2)CC1. The molecule has 3 rings (SSSR count).